The van der Waals surface area contributed by atoms with Crippen LogP contribution in [0.25, 0.3) is 0 Å². The number of morpholine rings is 1. The quantitative estimate of drug-likeness (QED) is 0.298. The van der Waals surface area contributed by atoms with Crippen LogP contribution in [0, 0.1) is 11.6 Å². The number of rotatable bonds is 11. The molecule has 14 heteroatoms. The van der Waals surface area contributed by atoms with Crippen LogP contribution in [-0.4, -0.2) is 98.3 Å². The van der Waals surface area contributed by atoms with Gasteiger partial charge in [0.05, 0.1) is 37.7 Å². The maximum atomic E-state index is 14.8. The number of amides is 1. The smallest absolute Gasteiger partial charge is 0.235 e. The summed E-state index contributed by atoms with van der Waals surface area (Å²) in [4.78, 5) is 22.1. The minimum absolute atomic E-state index is 0.0399. The van der Waals surface area contributed by atoms with E-state index in [0.717, 1.165) is 0 Å². The van der Waals surface area contributed by atoms with Crippen molar-refractivity contribution in [3.8, 4) is 5.88 Å². The van der Waals surface area contributed by atoms with Crippen molar-refractivity contribution in [3.63, 3.8) is 0 Å². The highest BCUT2D eigenvalue weighted by Crippen LogP contribution is 2.34. The molecule has 0 bridgehead atoms. The second kappa shape index (κ2) is 13.4. The number of aliphatic hydroxyl groups is 1. The Balaban J connectivity index is 1.15. The van der Waals surface area contributed by atoms with Crippen LogP contribution in [-0.2, 0) is 36.8 Å². The van der Waals surface area contributed by atoms with Crippen LogP contribution in [0.3, 0.4) is 0 Å². The monoisotopic (exact) mass is 596 g/mol. The number of halogens is 3. The van der Waals surface area contributed by atoms with E-state index in [1.54, 1.807) is 4.90 Å². The average molecular weight is 597 g/mol. The number of anilines is 1. The second-order valence-electron chi connectivity index (χ2n) is 9.81. The lowest BCUT2D eigenvalue weighted by atomic mass is 10.1. The fourth-order valence-corrected chi connectivity index (χ4v) is 5.13. The molecule has 1 amide bonds. The minimum atomic E-state index is -0.802. The summed E-state index contributed by atoms with van der Waals surface area (Å²) in [6.07, 6.45) is -1.46. The summed E-state index contributed by atoms with van der Waals surface area (Å²) in [6, 6.07) is 3.88. The van der Waals surface area contributed by atoms with Crippen molar-refractivity contribution in [1.29, 1.82) is 0 Å². The van der Waals surface area contributed by atoms with Gasteiger partial charge in [-0.15, -0.1) is 0 Å². The summed E-state index contributed by atoms with van der Waals surface area (Å²) in [5.41, 5.74) is 0.465. The van der Waals surface area contributed by atoms with E-state index < -0.39 is 30.4 Å². The van der Waals surface area contributed by atoms with Gasteiger partial charge in [0, 0.05) is 19.5 Å². The van der Waals surface area contributed by atoms with Gasteiger partial charge in [0.25, 0.3) is 0 Å². The summed E-state index contributed by atoms with van der Waals surface area (Å²) in [5, 5.41) is 12.9. The van der Waals surface area contributed by atoms with Gasteiger partial charge in [-0.2, -0.15) is 4.98 Å². The van der Waals surface area contributed by atoms with Crippen molar-refractivity contribution in [2.45, 2.75) is 43.9 Å². The van der Waals surface area contributed by atoms with Crippen molar-refractivity contribution < 1.29 is 42.4 Å². The first kappa shape index (κ1) is 29.5. The van der Waals surface area contributed by atoms with Crippen molar-refractivity contribution >= 4 is 35.7 Å². The molecule has 2 N–H and O–H groups in total. The molecule has 0 unspecified atom stereocenters. The Kier molecular flexibility index (Phi) is 9.63. The lowest BCUT2D eigenvalue weighted by molar-refractivity contribution is -0.135. The highest BCUT2D eigenvalue weighted by Gasteiger charge is 2.47. The third-order valence-corrected chi connectivity index (χ3v) is 7.43. The summed E-state index contributed by atoms with van der Waals surface area (Å²) >= 11 is 6.33. The van der Waals surface area contributed by atoms with E-state index in [1.165, 1.54) is 18.2 Å². The molecule has 1 aromatic carbocycles. The van der Waals surface area contributed by atoms with Crippen LogP contribution >= 0.6 is 11.6 Å². The molecule has 11 nitrogen and oxygen atoms in total. The number of ether oxygens (including phenoxy) is 5. The standard InChI is InChI=1S/C27H31ClF2N4O7/c1-31-26-20(32-14-41-22-13-39-24-21(35)12-38-25(22)24)10-17(28)27(33-26)40-11-16-18(29)8-15(9-19(16)30)2-3-23(36)34-4-6-37-7-5-34/h8-10,21-22,24-25,32,35H,1-7,11-14H2/t21-,22-,24-,25-/m1/s1. The highest BCUT2D eigenvalue weighted by atomic mass is 35.5. The third kappa shape index (κ3) is 6.93. The van der Waals surface area contributed by atoms with Crippen molar-refractivity contribution in [2.24, 2.45) is 4.99 Å². The molecule has 3 aliphatic rings. The molecule has 0 saturated carbocycles. The Morgan fingerprint density at radius 1 is 1.20 bits per heavy atom. The van der Waals surface area contributed by atoms with Gasteiger partial charge in [-0.1, -0.05) is 11.6 Å². The fourth-order valence-electron chi connectivity index (χ4n) is 4.93. The molecule has 0 spiro atoms. The average Bonchev–Trinajstić information content (AvgIpc) is 3.55. The first-order valence-electron chi connectivity index (χ1n) is 13.2. The molecule has 3 aliphatic heterocycles. The highest BCUT2D eigenvalue weighted by molar-refractivity contribution is 6.32. The van der Waals surface area contributed by atoms with Crippen molar-refractivity contribution in [1.82, 2.24) is 9.88 Å². The zero-order chi connectivity index (χ0) is 28.9. The van der Waals surface area contributed by atoms with Gasteiger partial charge in [0.2, 0.25) is 11.8 Å². The number of fused-ring (bicyclic) bond motifs is 1. The number of nitrogens with one attached hydrogen (secondary N) is 1. The third-order valence-electron chi connectivity index (χ3n) is 7.16. The van der Waals surface area contributed by atoms with Gasteiger partial charge in [0.1, 0.15) is 54.4 Å². The zero-order valence-corrected chi connectivity index (χ0v) is 22.9. The molecule has 222 valence electrons. The summed E-state index contributed by atoms with van der Waals surface area (Å²) in [6.45, 7) is 5.55. The lowest BCUT2D eigenvalue weighted by Gasteiger charge is -2.26. The summed E-state index contributed by atoms with van der Waals surface area (Å²) in [7, 11) is 0. The van der Waals surface area contributed by atoms with Gasteiger partial charge in [-0.05, 0) is 36.9 Å². The van der Waals surface area contributed by atoms with Gasteiger partial charge in [-0.3, -0.25) is 4.79 Å². The summed E-state index contributed by atoms with van der Waals surface area (Å²) in [5.74, 6) is -1.63. The van der Waals surface area contributed by atoms with Crippen molar-refractivity contribution in [2.75, 3.05) is 51.6 Å². The first-order valence-corrected chi connectivity index (χ1v) is 13.6. The van der Waals surface area contributed by atoms with Crippen LogP contribution < -0.4 is 10.1 Å². The Morgan fingerprint density at radius 2 is 1.93 bits per heavy atom. The predicted octanol–water partition coefficient (Wildman–Crippen LogP) is 2.63. The Labute approximate surface area is 240 Å². The van der Waals surface area contributed by atoms with Crippen LogP contribution in [0.4, 0.5) is 20.3 Å². The largest absolute Gasteiger partial charge is 0.471 e. The number of aliphatic hydroxyl groups excluding tert-OH is 1. The molecule has 4 atom stereocenters. The van der Waals surface area contributed by atoms with Crippen LogP contribution in [0.5, 0.6) is 5.88 Å². The maximum Gasteiger partial charge on any atom is 0.235 e. The Morgan fingerprint density at radius 3 is 2.66 bits per heavy atom. The Bertz CT molecular complexity index is 1240. The topological polar surface area (TPSA) is 124 Å². The number of carbonyl (C=O) groups is 1. The number of benzene rings is 1. The van der Waals surface area contributed by atoms with E-state index in [0.29, 0.717) is 37.6 Å². The molecule has 3 saturated heterocycles. The number of nitrogens with zero attached hydrogens (tertiary/aromatic N) is 3. The molecule has 1 aromatic heterocycles. The minimum Gasteiger partial charge on any atom is -0.471 e. The predicted molar refractivity (Wildman–Crippen MR) is 144 cm³/mol. The molecule has 5 rings (SSSR count). The lowest BCUT2D eigenvalue weighted by Crippen LogP contribution is -2.40. The van der Waals surface area contributed by atoms with Gasteiger partial charge >= 0.3 is 0 Å². The van der Waals surface area contributed by atoms with Gasteiger partial charge in [-0.25, -0.2) is 13.8 Å². The van der Waals surface area contributed by atoms with Gasteiger partial charge in [0.15, 0.2) is 5.82 Å². The zero-order valence-electron chi connectivity index (χ0n) is 22.2. The molecule has 2 aromatic rings. The van der Waals surface area contributed by atoms with Crippen molar-refractivity contribution in [3.05, 3.63) is 46.0 Å². The maximum absolute atomic E-state index is 14.8. The van der Waals surface area contributed by atoms with E-state index in [9.17, 15) is 18.7 Å². The van der Waals surface area contributed by atoms with E-state index in [4.69, 9.17) is 35.3 Å². The molecule has 4 heterocycles. The van der Waals surface area contributed by atoms with E-state index >= 15 is 0 Å². The van der Waals surface area contributed by atoms with Crippen LogP contribution in [0.15, 0.2) is 23.2 Å². The molecule has 0 aliphatic carbocycles. The number of hydrogen-bond acceptors (Lipinski definition) is 10. The first-order chi connectivity index (χ1) is 19.8. The van der Waals surface area contributed by atoms with Crippen LogP contribution in [0.2, 0.25) is 5.02 Å². The molecular formula is C27H31ClF2N4O7. The van der Waals surface area contributed by atoms with E-state index in [-0.39, 0.29) is 73.2 Å². The number of aromatic nitrogens is 1. The SMILES string of the molecule is C=Nc1nc(OCc2c(F)cc(CCC(=O)N3CCOCC3)cc2F)c(Cl)cc1NCO[C@@H]1CO[C@H]2[C@@H]1OC[C@H]2O. The number of aliphatic imine (C=N–C) groups is 1. The number of pyridine rings is 1. The summed E-state index contributed by atoms with van der Waals surface area (Å²) < 4.78 is 57.3. The molecule has 41 heavy (non-hydrogen) atoms. The van der Waals surface area contributed by atoms with Crippen LogP contribution in [0.1, 0.15) is 17.5 Å². The fraction of sp³-hybridized carbons (Fsp3) is 0.519. The molecule has 3 fully saturated rings. The number of hydrogen-bond donors (Lipinski definition) is 2. The second-order valence-corrected chi connectivity index (χ2v) is 10.2. The normalized spacial score (nSPS) is 23.9. The van der Waals surface area contributed by atoms with E-state index in [1.807, 2.05) is 0 Å². The Hall–Kier alpha value is -2.94. The molecule has 0 radical (unpaired) electrons. The number of aryl methyl sites for hydroxylation is 1. The van der Waals surface area contributed by atoms with Gasteiger partial charge < -0.3 is 39.0 Å². The molecular weight excluding hydrogens is 566 g/mol. The number of carbonyl (C=O) groups excluding carboxylic acids is 1. The van der Waals surface area contributed by atoms with E-state index in [2.05, 4.69) is 22.0 Å².